The predicted molar refractivity (Wildman–Crippen MR) is 178 cm³/mol. The number of carbonyl (C=O) groups is 2. The number of hydrogen-bond acceptors (Lipinski definition) is 10. The lowest BCUT2D eigenvalue weighted by Gasteiger charge is -2.37. The summed E-state index contributed by atoms with van der Waals surface area (Å²) in [4.78, 5) is 26.5. The van der Waals surface area contributed by atoms with Crippen molar-refractivity contribution >= 4 is 11.9 Å². The largest absolute Gasteiger partial charge is 0.429 e. The second-order valence-corrected chi connectivity index (χ2v) is 13.0. The van der Waals surface area contributed by atoms with E-state index in [1.54, 1.807) is 14.2 Å². The number of allylic oxidation sites excluding steroid dienone is 5. The molecular formula is C37H58O10. The van der Waals surface area contributed by atoms with Gasteiger partial charge in [-0.2, -0.15) is 0 Å². The lowest BCUT2D eigenvalue weighted by molar-refractivity contribution is -0.145. The number of rotatable bonds is 24. The number of fused-ring (bicyclic) bond motifs is 1. The monoisotopic (exact) mass is 662 g/mol. The summed E-state index contributed by atoms with van der Waals surface area (Å²) in [6.07, 6.45) is 11.7. The molecular weight excluding hydrogens is 604 g/mol. The van der Waals surface area contributed by atoms with Crippen molar-refractivity contribution in [3.63, 3.8) is 0 Å². The molecule has 2 unspecified atom stereocenters. The molecule has 10 nitrogen and oxygen atoms in total. The van der Waals surface area contributed by atoms with Crippen LogP contribution < -0.4 is 0 Å². The van der Waals surface area contributed by atoms with E-state index in [0.29, 0.717) is 63.5 Å². The molecule has 3 aliphatic carbocycles. The summed E-state index contributed by atoms with van der Waals surface area (Å²) in [5.41, 5.74) is 3.14. The number of hydrogen-bond donors (Lipinski definition) is 0. The van der Waals surface area contributed by atoms with Gasteiger partial charge in [-0.15, -0.1) is 0 Å². The zero-order valence-electron chi connectivity index (χ0n) is 29.4. The van der Waals surface area contributed by atoms with Crippen molar-refractivity contribution < 1.29 is 47.5 Å². The summed E-state index contributed by atoms with van der Waals surface area (Å²) in [5.74, 6) is 0.486. The van der Waals surface area contributed by atoms with Crippen LogP contribution in [0.3, 0.4) is 0 Å². The zero-order chi connectivity index (χ0) is 34.1. The lowest BCUT2D eigenvalue weighted by atomic mass is 9.68. The maximum Gasteiger partial charge on any atom is 0.337 e. The Hall–Kier alpha value is -2.34. The molecule has 0 N–H and O–H groups in total. The molecule has 4 atom stereocenters. The van der Waals surface area contributed by atoms with Gasteiger partial charge in [-0.05, 0) is 67.9 Å². The van der Waals surface area contributed by atoms with Crippen molar-refractivity contribution in [2.75, 3.05) is 80.3 Å². The summed E-state index contributed by atoms with van der Waals surface area (Å²) in [6.45, 7) is 13.6. The normalized spacial score (nSPS) is 23.8. The fraction of sp³-hybridized carbons (Fsp3) is 0.730. The topological polar surface area (TPSA) is 108 Å². The molecule has 0 heterocycles. The van der Waals surface area contributed by atoms with E-state index in [-0.39, 0.29) is 43.7 Å². The molecule has 0 aromatic rings. The Balaban J connectivity index is 1.86. The quantitative estimate of drug-likeness (QED) is 0.0683. The first-order valence-electron chi connectivity index (χ1n) is 17.2. The highest BCUT2D eigenvalue weighted by Crippen LogP contribution is 2.68. The number of ether oxygens (including phenoxy) is 8. The number of methoxy groups -OCH3 is 2. The van der Waals surface area contributed by atoms with E-state index in [4.69, 9.17) is 37.9 Å². The van der Waals surface area contributed by atoms with Crippen molar-refractivity contribution in [3.05, 3.63) is 47.0 Å². The number of esters is 2. The van der Waals surface area contributed by atoms with Gasteiger partial charge in [0.25, 0.3) is 0 Å². The molecule has 10 heteroatoms. The minimum Gasteiger partial charge on any atom is -0.429 e. The molecule has 0 aliphatic heterocycles. The molecule has 0 saturated heterocycles. The molecule has 0 aromatic carbocycles. The van der Waals surface area contributed by atoms with Gasteiger partial charge in [-0.3, -0.25) is 0 Å². The third-order valence-corrected chi connectivity index (χ3v) is 9.29. The fourth-order valence-corrected chi connectivity index (χ4v) is 6.61. The second kappa shape index (κ2) is 20.9. The van der Waals surface area contributed by atoms with Crippen LogP contribution in [0.15, 0.2) is 47.0 Å². The van der Waals surface area contributed by atoms with Crippen molar-refractivity contribution in [1.82, 2.24) is 0 Å². The van der Waals surface area contributed by atoms with Crippen LogP contribution in [0.4, 0.5) is 0 Å². The Morgan fingerprint density at radius 2 is 1.47 bits per heavy atom. The van der Waals surface area contributed by atoms with Gasteiger partial charge in [0, 0.05) is 32.1 Å². The Morgan fingerprint density at radius 1 is 0.872 bits per heavy atom. The Morgan fingerprint density at radius 3 is 2.06 bits per heavy atom. The van der Waals surface area contributed by atoms with Crippen LogP contribution in [0.1, 0.15) is 72.1 Å². The maximum atomic E-state index is 13.3. The first-order chi connectivity index (χ1) is 22.7. The molecule has 0 aromatic heterocycles. The maximum absolute atomic E-state index is 13.3. The highest BCUT2D eigenvalue weighted by atomic mass is 16.6. The summed E-state index contributed by atoms with van der Waals surface area (Å²) < 4.78 is 44.3. The number of unbranched alkanes of at least 4 members (excludes halogenated alkanes) is 2. The van der Waals surface area contributed by atoms with Gasteiger partial charge in [-0.25, -0.2) is 9.59 Å². The van der Waals surface area contributed by atoms with Crippen molar-refractivity contribution in [1.29, 1.82) is 0 Å². The lowest BCUT2D eigenvalue weighted by Crippen LogP contribution is -2.31. The van der Waals surface area contributed by atoms with Gasteiger partial charge in [0.2, 0.25) is 0 Å². The molecule has 3 rings (SSSR count). The van der Waals surface area contributed by atoms with Crippen LogP contribution >= 0.6 is 0 Å². The van der Waals surface area contributed by atoms with Crippen LogP contribution in [0.5, 0.6) is 0 Å². The van der Waals surface area contributed by atoms with E-state index < -0.39 is 11.9 Å². The highest BCUT2D eigenvalue weighted by Gasteiger charge is 2.60. The molecule has 0 spiro atoms. The minimum absolute atomic E-state index is 0.00157. The first-order valence-corrected chi connectivity index (χ1v) is 17.2. The zero-order valence-corrected chi connectivity index (χ0v) is 29.4. The average Bonchev–Trinajstić information content (AvgIpc) is 3.76. The molecule has 2 fully saturated rings. The van der Waals surface area contributed by atoms with Crippen LogP contribution in [-0.4, -0.2) is 92.2 Å². The van der Waals surface area contributed by atoms with Gasteiger partial charge in [-0.1, -0.05) is 44.9 Å². The Kier molecular flexibility index (Phi) is 17.4. The Bertz CT molecular complexity index is 1110. The standard InChI is InChI=1S/C37H58O10/c1-7-8-9-10-28-11-12-31(46-33(38)25-44-21-19-42-17-15-40-5)36(35-29(27(2)3)13-14-37(4)24-30(35)37)32(23-28)47-34(39)26-45-22-20-43-18-16-41-6/h11,23,29-30,35H,2,7-10,12-22,24-26H2,1,3-6H3/t29-,30?,35-,37?/m0/s1. The summed E-state index contributed by atoms with van der Waals surface area (Å²) in [5, 5.41) is 0. The third-order valence-electron chi connectivity index (χ3n) is 9.29. The van der Waals surface area contributed by atoms with Gasteiger partial charge in [0.1, 0.15) is 24.7 Å². The Labute approximate surface area is 281 Å². The van der Waals surface area contributed by atoms with Gasteiger partial charge in [0.15, 0.2) is 0 Å². The van der Waals surface area contributed by atoms with Gasteiger partial charge in [0.05, 0.1) is 52.9 Å². The molecule has 2 saturated carbocycles. The van der Waals surface area contributed by atoms with E-state index in [2.05, 4.69) is 33.4 Å². The molecule has 47 heavy (non-hydrogen) atoms. The molecule has 0 amide bonds. The van der Waals surface area contributed by atoms with E-state index in [0.717, 1.165) is 61.7 Å². The fourth-order valence-electron chi connectivity index (χ4n) is 6.61. The molecule has 0 bridgehead atoms. The van der Waals surface area contributed by atoms with Crippen molar-refractivity contribution in [2.45, 2.75) is 72.1 Å². The van der Waals surface area contributed by atoms with E-state index in [1.807, 2.05) is 6.08 Å². The van der Waals surface area contributed by atoms with Crippen LogP contribution in [0, 0.1) is 23.2 Å². The van der Waals surface area contributed by atoms with E-state index in [1.165, 1.54) is 0 Å². The number of carbonyl (C=O) groups excluding carboxylic acids is 2. The second-order valence-electron chi connectivity index (χ2n) is 13.0. The van der Waals surface area contributed by atoms with E-state index in [9.17, 15) is 9.59 Å². The van der Waals surface area contributed by atoms with Crippen LogP contribution in [-0.2, 0) is 47.5 Å². The first kappa shape index (κ1) is 39.1. The van der Waals surface area contributed by atoms with Crippen LogP contribution in [0.25, 0.3) is 0 Å². The van der Waals surface area contributed by atoms with Crippen molar-refractivity contribution in [2.24, 2.45) is 23.2 Å². The molecule has 0 radical (unpaired) electrons. The van der Waals surface area contributed by atoms with Gasteiger partial charge < -0.3 is 37.9 Å². The van der Waals surface area contributed by atoms with Crippen LogP contribution in [0.2, 0.25) is 0 Å². The minimum atomic E-state index is -0.510. The SMILES string of the molecule is C=C(C)[C@@H]1CCC2(C)CC2[C@H]1C1=C(OC(=O)COCCOCCOC)CC=C(CCCCC)C=C1OC(=O)COCCOCCOC. The smallest absolute Gasteiger partial charge is 0.337 e. The third kappa shape index (κ3) is 12.9. The van der Waals surface area contributed by atoms with Gasteiger partial charge >= 0.3 is 11.9 Å². The molecule has 3 aliphatic rings. The summed E-state index contributed by atoms with van der Waals surface area (Å²) >= 11 is 0. The summed E-state index contributed by atoms with van der Waals surface area (Å²) in [6, 6.07) is 0. The average molecular weight is 663 g/mol. The van der Waals surface area contributed by atoms with E-state index >= 15 is 0 Å². The molecule has 266 valence electrons. The highest BCUT2D eigenvalue weighted by molar-refractivity contribution is 5.74. The van der Waals surface area contributed by atoms with Crippen molar-refractivity contribution in [3.8, 4) is 0 Å². The predicted octanol–water partition coefficient (Wildman–Crippen LogP) is 6.11. The summed E-state index contributed by atoms with van der Waals surface area (Å²) in [7, 11) is 3.23.